The lowest BCUT2D eigenvalue weighted by molar-refractivity contribution is 0.699. The second kappa shape index (κ2) is 5.81. The van der Waals surface area contributed by atoms with Gasteiger partial charge in [-0.3, -0.25) is 4.68 Å². The molecule has 0 amide bonds. The molecule has 0 atom stereocenters. The zero-order valence-corrected chi connectivity index (χ0v) is 14.1. The van der Waals surface area contributed by atoms with Crippen molar-refractivity contribution in [1.82, 2.24) is 19.3 Å². The number of alkyl halides is 1. The van der Waals surface area contributed by atoms with Crippen LogP contribution in [0.15, 0.2) is 11.4 Å². The first-order valence-corrected chi connectivity index (χ1v) is 8.63. The lowest BCUT2D eigenvalue weighted by Gasteiger charge is -2.08. The molecule has 3 aromatic heterocycles. The summed E-state index contributed by atoms with van der Waals surface area (Å²) in [4.78, 5) is 6.09. The molecule has 0 radical (unpaired) electrons. The average molecular weight is 323 g/mol. The maximum atomic E-state index is 6.11. The molecule has 21 heavy (non-hydrogen) atoms. The number of hydrogen-bond donors (Lipinski definition) is 0. The zero-order chi connectivity index (χ0) is 15.0. The molecule has 0 N–H and O–H groups in total. The van der Waals surface area contributed by atoms with Crippen LogP contribution in [-0.4, -0.2) is 19.3 Å². The highest BCUT2D eigenvalue weighted by atomic mass is 35.5. The van der Waals surface area contributed by atoms with Crippen LogP contribution in [0.25, 0.3) is 11.2 Å². The summed E-state index contributed by atoms with van der Waals surface area (Å²) in [5.74, 6) is 1.34. The molecule has 0 unspecified atom stereocenters. The van der Waals surface area contributed by atoms with Crippen molar-refractivity contribution >= 4 is 34.1 Å². The molecular weight excluding hydrogens is 304 g/mol. The van der Waals surface area contributed by atoms with Crippen LogP contribution in [0.3, 0.4) is 0 Å². The second-order valence-corrected chi connectivity index (χ2v) is 6.33. The highest BCUT2D eigenvalue weighted by molar-refractivity contribution is 7.10. The van der Waals surface area contributed by atoms with Gasteiger partial charge in [0, 0.05) is 11.9 Å². The van der Waals surface area contributed by atoms with E-state index in [1.165, 1.54) is 10.4 Å². The number of thiophene rings is 1. The molecule has 6 heteroatoms. The van der Waals surface area contributed by atoms with Gasteiger partial charge in [-0.25, -0.2) is 4.98 Å². The largest absolute Gasteiger partial charge is 0.307 e. The number of fused-ring (bicyclic) bond motifs is 1. The van der Waals surface area contributed by atoms with Gasteiger partial charge in [0.25, 0.3) is 0 Å². The van der Waals surface area contributed by atoms with E-state index in [0.29, 0.717) is 5.88 Å². The smallest absolute Gasteiger partial charge is 0.159 e. The predicted molar refractivity (Wildman–Crippen MR) is 88.2 cm³/mol. The van der Waals surface area contributed by atoms with Crippen molar-refractivity contribution in [2.24, 2.45) is 7.05 Å². The molecule has 3 heterocycles. The first-order chi connectivity index (χ1) is 10.2. The third kappa shape index (κ3) is 2.38. The number of nitrogens with zero attached hydrogens (tertiary/aromatic N) is 4. The third-order valence-electron chi connectivity index (χ3n) is 3.85. The van der Waals surface area contributed by atoms with Crippen molar-refractivity contribution in [2.45, 2.75) is 39.1 Å². The van der Waals surface area contributed by atoms with Crippen molar-refractivity contribution in [2.75, 3.05) is 0 Å². The third-order valence-corrected chi connectivity index (χ3v) is 5.03. The Morgan fingerprint density at radius 2 is 2.10 bits per heavy atom. The Morgan fingerprint density at radius 1 is 1.29 bits per heavy atom. The summed E-state index contributed by atoms with van der Waals surface area (Å²) in [5.41, 5.74) is 4.50. The number of imidazole rings is 1. The average Bonchev–Trinajstić information content (AvgIpc) is 3.15. The van der Waals surface area contributed by atoms with Crippen LogP contribution in [0.1, 0.15) is 35.8 Å². The van der Waals surface area contributed by atoms with E-state index in [1.807, 2.05) is 11.7 Å². The van der Waals surface area contributed by atoms with Gasteiger partial charge in [0.15, 0.2) is 5.65 Å². The minimum atomic E-state index is 0.421. The van der Waals surface area contributed by atoms with Crippen LogP contribution in [0.2, 0.25) is 0 Å². The highest BCUT2D eigenvalue weighted by Gasteiger charge is 2.19. The van der Waals surface area contributed by atoms with Gasteiger partial charge >= 0.3 is 0 Å². The fraction of sp³-hybridized carbons (Fsp3) is 0.467. The Bertz CT molecular complexity index is 768. The summed E-state index contributed by atoms with van der Waals surface area (Å²) in [6.45, 7) is 5.12. The van der Waals surface area contributed by atoms with E-state index in [0.717, 1.165) is 42.1 Å². The zero-order valence-electron chi connectivity index (χ0n) is 12.6. The summed E-state index contributed by atoms with van der Waals surface area (Å²) in [7, 11) is 1.98. The Morgan fingerprint density at radius 3 is 2.76 bits per heavy atom. The standard InChI is InChI=1S/C15H19ClN4S/c1-4-10-6-7-21-12(10)9-20-13(8-16)17-14-11(5-2)18-19(3)15(14)20/h6-7H,4-5,8-9H2,1-3H3. The van der Waals surface area contributed by atoms with Crippen LogP contribution in [0.4, 0.5) is 0 Å². The molecule has 3 rings (SSSR count). The van der Waals surface area contributed by atoms with Crippen LogP contribution in [-0.2, 0) is 32.3 Å². The molecule has 0 saturated heterocycles. The lowest BCUT2D eigenvalue weighted by atomic mass is 10.2. The SMILES string of the molecule is CCc1ccsc1Cn1c(CCl)nc2c(CC)nn(C)c21. The Labute approximate surface area is 133 Å². The molecular formula is C15H19ClN4S. The van der Waals surface area contributed by atoms with Gasteiger partial charge in [-0.2, -0.15) is 5.10 Å². The monoisotopic (exact) mass is 322 g/mol. The highest BCUT2D eigenvalue weighted by Crippen LogP contribution is 2.25. The maximum Gasteiger partial charge on any atom is 0.159 e. The minimum absolute atomic E-state index is 0.421. The molecule has 0 aromatic carbocycles. The van der Waals surface area contributed by atoms with Gasteiger partial charge in [-0.05, 0) is 29.9 Å². The van der Waals surface area contributed by atoms with Gasteiger partial charge in [0.05, 0.1) is 18.1 Å². The number of aromatic nitrogens is 4. The van der Waals surface area contributed by atoms with E-state index < -0.39 is 0 Å². The first-order valence-electron chi connectivity index (χ1n) is 7.21. The maximum absolute atomic E-state index is 6.11. The summed E-state index contributed by atoms with van der Waals surface area (Å²) in [6.07, 6.45) is 1.94. The summed E-state index contributed by atoms with van der Waals surface area (Å²) >= 11 is 7.91. The van der Waals surface area contributed by atoms with Crippen molar-refractivity contribution in [3.63, 3.8) is 0 Å². The lowest BCUT2D eigenvalue weighted by Crippen LogP contribution is -2.07. The summed E-state index contributed by atoms with van der Waals surface area (Å²) in [5, 5.41) is 6.73. The molecule has 0 aliphatic carbocycles. The molecule has 0 aliphatic rings. The number of rotatable bonds is 5. The normalized spacial score (nSPS) is 11.6. The number of aryl methyl sites for hydroxylation is 3. The molecule has 3 aromatic rings. The Balaban J connectivity index is 2.14. The van der Waals surface area contributed by atoms with Gasteiger partial charge < -0.3 is 4.57 Å². The Kier molecular flexibility index (Phi) is 4.04. The summed E-state index contributed by atoms with van der Waals surface area (Å²) < 4.78 is 4.13. The molecule has 4 nitrogen and oxygen atoms in total. The van der Waals surface area contributed by atoms with E-state index >= 15 is 0 Å². The summed E-state index contributed by atoms with van der Waals surface area (Å²) in [6, 6.07) is 2.20. The fourth-order valence-electron chi connectivity index (χ4n) is 2.76. The van der Waals surface area contributed by atoms with Gasteiger partial charge in [-0.15, -0.1) is 22.9 Å². The molecule has 0 spiro atoms. The van der Waals surface area contributed by atoms with E-state index in [9.17, 15) is 0 Å². The quantitative estimate of drug-likeness (QED) is 0.671. The van der Waals surface area contributed by atoms with Crippen molar-refractivity contribution in [1.29, 1.82) is 0 Å². The number of halogens is 1. The van der Waals surface area contributed by atoms with E-state index in [2.05, 4.69) is 35.0 Å². The second-order valence-electron chi connectivity index (χ2n) is 5.07. The van der Waals surface area contributed by atoms with Gasteiger partial charge in [0.1, 0.15) is 11.3 Å². The predicted octanol–water partition coefficient (Wildman–Crippen LogP) is 3.74. The fourth-order valence-corrected chi connectivity index (χ4v) is 3.93. The van der Waals surface area contributed by atoms with Crippen LogP contribution in [0, 0.1) is 0 Å². The van der Waals surface area contributed by atoms with Crippen LogP contribution < -0.4 is 0 Å². The topological polar surface area (TPSA) is 35.6 Å². The van der Waals surface area contributed by atoms with Crippen molar-refractivity contribution in [3.8, 4) is 0 Å². The molecule has 0 saturated carbocycles. The van der Waals surface area contributed by atoms with E-state index in [4.69, 9.17) is 16.6 Å². The molecule has 0 aliphatic heterocycles. The van der Waals surface area contributed by atoms with Crippen LogP contribution >= 0.6 is 22.9 Å². The van der Waals surface area contributed by atoms with Crippen molar-refractivity contribution < 1.29 is 0 Å². The Hall–Kier alpha value is -1.33. The minimum Gasteiger partial charge on any atom is -0.307 e. The van der Waals surface area contributed by atoms with Crippen molar-refractivity contribution in [3.05, 3.63) is 33.4 Å². The molecule has 0 bridgehead atoms. The van der Waals surface area contributed by atoms with Crippen LogP contribution in [0.5, 0.6) is 0 Å². The first kappa shape index (κ1) is 14.6. The number of hydrogen-bond acceptors (Lipinski definition) is 3. The molecule has 0 fully saturated rings. The van der Waals surface area contributed by atoms with Gasteiger partial charge in [-0.1, -0.05) is 13.8 Å². The van der Waals surface area contributed by atoms with E-state index in [-0.39, 0.29) is 0 Å². The van der Waals surface area contributed by atoms with Gasteiger partial charge in [0.2, 0.25) is 0 Å². The van der Waals surface area contributed by atoms with E-state index in [1.54, 1.807) is 11.3 Å². The molecule has 112 valence electrons.